The Morgan fingerprint density at radius 3 is 2.57 bits per heavy atom. The summed E-state index contributed by atoms with van der Waals surface area (Å²) in [5.74, 6) is 0. The zero-order valence-electron chi connectivity index (χ0n) is 13.5. The molecule has 1 N–H and O–H groups in total. The molecule has 1 nitrogen and oxygen atoms in total. The summed E-state index contributed by atoms with van der Waals surface area (Å²) in [4.78, 5) is 2.91. The lowest BCUT2D eigenvalue weighted by Gasteiger charge is -2.18. The Morgan fingerprint density at radius 2 is 1.90 bits per heavy atom. The molecule has 2 aromatic rings. The summed E-state index contributed by atoms with van der Waals surface area (Å²) < 4.78 is 0. The van der Waals surface area contributed by atoms with Gasteiger partial charge in [-0.15, -0.1) is 11.3 Å². The highest BCUT2D eigenvalue weighted by molar-refractivity contribution is 7.12. The molecule has 0 fully saturated rings. The summed E-state index contributed by atoms with van der Waals surface area (Å²) in [7, 11) is 0. The number of hydrogen-bond acceptors (Lipinski definition) is 2. The van der Waals surface area contributed by atoms with E-state index in [0.29, 0.717) is 6.04 Å². The van der Waals surface area contributed by atoms with Crippen LogP contribution in [0, 0.1) is 0 Å². The smallest absolute Gasteiger partial charge is 0.0671 e. The van der Waals surface area contributed by atoms with E-state index in [-0.39, 0.29) is 0 Å². The minimum Gasteiger partial charge on any atom is -0.306 e. The largest absolute Gasteiger partial charge is 0.306 e. The van der Waals surface area contributed by atoms with Crippen molar-refractivity contribution < 1.29 is 0 Å². The lowest BCUT2D eigenvalue weighted by Crippen LogP contribution is -2.22. The molecular weight excluding hydrogens is 274 g/mol. The zero-order valence-corrected chi connectivity index (χ0v) is 14.3. The monoisotopic (exact) mass is 301 g/mol. The molecule has 1 aromatic carbocycles. The summed E-state index contributed by atoms with van der Waals surface area (Å²) in [5, 5.41) is 3.72. The first-order chi connectivity index (χ1) is 10.3. The van der Waals surface area contributed by atoms with Crippen molar-refractivity contribution in [3.8, 4) is 0 Å². The lowest BCUT2D eigenvalue weighted by atomic mass is 10.0. The van der Waals surface area contributed by atoms with Crippen LogP contribution in [0.25, 0.3) is 0 Å². The van der Waals surface area contributed by atoms with E-state index >= 15 is 0 Å². The maximum atomic E-state index is 3.72. The van der Waals surface area contributed by atoms with Crippen molar-refractivity contribution in [2.75, 3.05) is 6.54 Å². The maximum absolute atomic E-state index is 3.72. The van der Waals surface area contributed by atoms with Crippen LogP contribution in [0.3, 0.4) is 0 Å². The van der Waals surface area contributed by atoms with Crippen molar-refractivity contribution in [2.24, 2.45) is 0 Å². The van der Waals surface area contributed by atoms with Crippen molar-refractivity contribution in [3.63, 3.8) is 0 Å². The van der Waals surface area contributed by atoms with Gasteiger partial charge in [0.05, 0.1) is 6.04 Å². The van der Waals surface area contributed by atoms with Crippen LogP contribution in [0.2, 0.25) is 0 Å². The maximum Gasteiger partial charge on any atom is 0.0671 e. The SMILES string of the molecule is CCCNC(c1cccc(CCC)c1)c1ccc(CC)s1. The van der Waals surface area contributed by atoms with E-state index in [0.717, 1.165) is 19.4 Å². The third kappa shape index (κ3) is 4.42. The molecule has 0 amide bonds. The van der Waals surface area contributed by atoms with Crippen molar-refractivity contribution in [2.45, 2.75) is 52.5 Å². The Bertz CT molecular complexity index is 544. The summed E-state index contributed by atoms with van der Waals surface area (Å²) in [6.07, 6.45) is 4.66. The van der Waals surface area contributed by atoms with Crippen LogP contribution in [0.4, 0.5) is 0 Å². The van der Waals surface area contributed by atoms with Gasteiger partial charge in [0.15, 0.2) is 0 Å². The van der Waals surface area contributed by atoms with E-state index in [1.807, 2.05) is 11.3 Å². The van der Waals surface area contributed by atoms with Gasteiger partial charge in [-0.1, -0.05) is 51.5 Å². The highest BCUT2D eigenvalue weighted by Gasteiger charge is 2.15. The van der Waals surface area contributed by atoms with Gasteiger partial charge in [0.25, 0.3) is 0 Å². The number of benzene rings is 1. The van der Waals surface area contributed by atoms with Gasteiger partial charge in [-0.3, -0.25) is 0 Å². The van der Waals surface area contributed by atoms with Gasteiger partial charge < -0.3 is 5.32 Å². The standard InChI is InChI=1S/C19H27NS/c1-4-8-15-9-7-10-16(14-15)19(20-13-5-2)18-12-11-17(6-3)21-18/h7,9-12,14,19-20H,4-6,8,13H2,1-3H3. The van der Waals surface area contributed by atoms with Gasteiger partial charge in [0.1, 0.15) is 0 Å². The van der Waals surface area contributed by atoms with E-state index in [1.165, 1.54) is 33.7 Å². The molecule has 0 radical (unpaired) electrons. The molecular formula is C19H27NS. The number of aryl methyl sites for hydroxylation is 2. The second kappa shape index (κ2) is 8.35. The van der Waals surface area contributed by atoms with Crippen molar-refractivity contribution in [1.82, 2.24) is 5.32 Å². The van der Waals surface area contributed by atoms with Gasteiger partial charge in [-0.25, -0.2) is 0 Å². The van der Waals surface area contributed by atoms with Crippen LogP contribution in [0.5, 0.6) is 0 Å². The molecule has 0 aliphatic heterocycles. The summed E-state index contributed by atoms with van der Waals surface area (Å²) in [6.45, 7) is 7.75. The summed E-state index contributed by atoms with van der Waals surface area (Å²) >= 11 is 1.94. The fraction of sp³-hybridized carbons (Fsp3) is 0.474. The van der Waals surface area contributed by atoms with Gasteiger partial charge in [0.2, 0.25) is 0 Å². The Kier molecular flexibility index (Phi) is 6.47. The molecule has 0 aliphatic carbocycles. The molecule has 0 saturated carbocycles. The Balaban J connectivity index is 2.28. The second-order valence-electron chi connectivity index (χ2n) is 5.54. The fourth-order valence-electron chi connectivity index (χ4n) is 2.63. The minimum atomic E-state index is 0.340. The normalized spacial score (nSPS) is 12.5. The Morgan fingerprint density at radius 1 is 1.05 bits per heavy atom. The molecule has 2 rings (SSSR count). The second-order valence-corrected chi connectivity index (χ2v) is 6.74. The third-order valence-electron chi connectivity index (χ3n) is 3.74. The third-order valence-corrected chi connectivity index (χ3v) is 5.03. The van der Waals surface area contributed by atoms with Crippen molar-refractivity contribution in [3.05, 3.63) is 57.3 Å². The van der Waals surface area contributed by atoms with Gasteiger partial charge in [-0.2, -0.15) is 0 Å². The molecule has 0 aliphatic rings. The van der Waals surface area contributed by atoms with E-state index in [4.69, 9.17) is 0 Å². The van der Waals surface area contributed by atoms with Crippen LogP contribution in [0.1, 0.15) is 60.5 Å². The molecule has 0 bridgehead atoms. The molecule has 21 heavy (non-hydrogen) atoms. The average molecular weight is 301 g/mol. The van der Waals surface area contributed by atoms with Crippen LogP contribution in [0.15, 0.2) is 36.4 Å². The topological polar surface area (TPSA) is 12.0 Å². The van der Waals surface area contributed by atoms with Crippen LogP contribution in [-0.2, 0) is 12.8 Å². The van der Waals surface area contributed by atoms with Crippen LogP contribution in [-0.4, -0.2) is 6.54 Å². The average Bonchev–Trinajstić information content (AvgIpc) is 2.97. The predicted molar refractivity (Wildman–Crippen MR) is 94.3 cm³/mol. The molecule has 114 valence electrons. The zero-order chi connectivity index (χ0) is 15.1. The first-order valence-electron chi connectivity index (χ1n) is 8.19. The first-order valence-corrected chi connectivity index (χ1v) is 9.00. The van der Waals surface area contributed by atoms with Gasteiger partial charge >= 0.3 is 0 Å². The number of thiophene rings is 1. The van der Waals surface area contributed by atoms with E-state index in [1.54, 1.807) is 0 Å². The Labute approximate surface area is 133 Å². The summed E-state index contributed by atoms with van der Waals surface area (Å²) in [5.41, 5.74) is 2.85. The number of nitrogens with one attached hydrogen (secondary N) is 1. The van der Waals surface area contributed by atoms with Gasteiger partial charge in [-0.05, 0) is 49.1 Å². The number of hydrogen-bond donors (Lipinski definition) is 1. The lowest BCUT2D eigenvalue weighted by molar-refractivity contribution is 0.605. The van der Waals surface area contributed by atoms with Crippen molar-refractivity contribution in [1.29, 1.82) is 0 Å². The predicted octanol–water partition coefficient (Wildman–Crippen LogP) is 5.35. The molecule has 0 saturated heterocycles. The minimum absolute atomic E-state index is 0.340. The summed E-state index contributed by atoms with van der Waals surface area (Å²) in [6, 6.07) is 14.0. The van der Waals surface area contributed by atoms with Crippen molar-refractivity contribution >= 4 is 11.3 Å². The molecule has 1 aromatic heterocycles. The fourth-order valence-corrected chi connectivity index (χ4v) is 3.68. The van der Waals surface area contributed by atoms with E-state index in [2.05, 4.69) is 62.5 Å². The van der Waals surface area contributed by atoms with E-state index in [9.17, 15) is 0 Å². The van der Waals surface area contributed by atoms with Crippen LogP contribution >= 0.6 is 11.3 Å². The molecule has 1 heterocycles. The quantitative estimate of drug-likeness (QED) is 0.693. The molecule has 1 atom stereocenters. The molecule has 2 heteroatoms. The highest BCUT2D eigenvalue weighted by Crippen LogP contribution is 2.29. The Hall–Kier alpha value is -1.12. The molecule has 1 unspecified atom stereocenters. The first kappa shape index (κ1) is 16.3. The van der Waals surface area contributed by atoms with Crippen LogP contribution < -0.4 is 5.32 Å². The highest BCUT2D eigenvalue weighted by atomic mass is 32.1. The molecule has 0 spiro atoms. The number of rotatable bonds is 8. The van der Waals surface area contributed by atoms with E-state index < -0.39 is 0 Å². The van der Waals surface area contributed by atoms with Gasteiger partial charge in [0, 0.05) is 9.75 Å².